The van der Waals surface area contributed by atoms with Crippen molar-refractivity contribution in [3.63, 3.8) is 0 Å². The first kappa shape index (κ1) is 14.1. The van der Waals surface area contributed by atoms with Gasteiger partial charge in [0.1, 0.15) is 5.82 Å². The summed E-state index contributed by atoms with van der Waals surface area (Å²) in [5.41, 5.74) is 1.73. The van der Waals surface area contributed by atoms with Crippen LogP contribution in [0.3, 0.4) is 0 Å². The fourth-order valence-corrected chi connectivity index (χ4v) is 3.94. The van der Waals surface area contributed by atoms with Crippen LogP contribution in [0.25, 0.3) is 10.1 Å². The molecule has 0 saturated carbocycles. The number of fused-ring (bicyclic) bond motifs is 1. The molecule has 20 heavy (non-hydrogen) atoms. The number of aryl methyl sites for hydroxylation is 1. The lowest BCUT2D eigenvalue weighted by Gasteiger charge is -2.02. The third-order valence-corrected chi connectivity index (χ3v) is 5.25. The minimum absolute atomic E-state index is 0.112. The van der Waals surface area contributed by atoms with Crippen LogP contribution in [0.4, 0.5) is 4.39 Å². The van der Waals surface area contributed by atoms with Gasteiger partial charge in [0.2, 0.25) is 0 Å². The highest BCUT2D eigenvalue weighted by molar-refractivity contribution is 9.10. The van der Waals surface area contributed by atoms with Gasteiger partial charge in [-0.1, -0.05) is 39.7 Å². The molecule has 0 nitrogen and oxygen atoms in total. The Labute approximate surface area is 134 Å². The average molecular weight is 370 g/mol. The molecule has 3 rings (SSSR count). The highest BCUT2D eigenvalue weighted by atomic mass is 79.9. The fourth-order valence-electron chi connectivity index (χ4n) is 2.17. The molecule has 2 aromatic carbocycles. The van der Waals surface area contributed by atoms with E-state index in [1.54, 1.807) is 6.92 Å². The van der Waals surface area contributed by atoms with E-state index in [-0.39, 0.29) is 5.82 Å². The Bertz CT molecular complexity index is 795. The maximum Gasteiger partial charge on any atom is 0.143 e. The van der Waals surface area contributed by atoms with Crippen LogP contribution in [0.1, 0.15) is 16.0 Å². The Hall–Kier alpha value is -0.900. The molecule has 0 spiro atoms. The number of halogens is 3. The van der Waals surface area contributed by atoms with Crippen molar-refractivity contribution in [3.05, 3.63) is 67.7 Å². The first-order chi connectivity index (χ1) is 9.54. The zero-order valence-electron chi connectivity index (χ0n) is 10.7. The van der Waals surface area contributed by atoms with Crippen LogP contribution in [0.15, 0.2) is 40.9 Å². The molecule has 0 amide bonds. The van der Waals surface area contributed by atoms with E-state index in [0.717, 1.165) is 36.4 Å². The summed E-state index contributed by atoms with van der Waals surface area (Å²) in [6.45, 7) is 1.79. The first-order valence-corrected chi connectivity index (χ1v) is 8.15. The molecule has 0 fully saturated rings. The molecule has 0 aliphatic carbocycles. The summed E-state index contributed by atoms with van der Waals surface area (Å²) in [6, 6.07) is 11.6. The second kappa shape index (κ2) is 5.47. The predicted molar refractivity (Wildman–Crippen MR) is 88.5 cm³/mol. The summed E-state index contributed by atoms with van der Waals surface area (Å²) in [4.78, 5) is 1.12. The zero-order chi connectivity index (χ0) is 14.3. The van der Waals surface area contributed by atoms with Gasteiger partial charge in [-0.2, -0.15) is 0 Å². The van der Waals surface area contributed by atoms with Crippen LogP contribution in [-0.4, -0.2) is 0 Å². The molecule has 0 radical (unpaired) electrons. The van der Waals surface area contributed by atoms with E-state index >= 15 is 0 Å². The van der Waals surface area contributed by atoms with Crippen LogP contribution >= 0.6 is 38.9 Å². The van der Waals surface area contributed by atoms with E-state index in [1.165, 1.54) is 11.3 Å². The Balaban J connectivity index is 2.03. The largest absolute Gasteiger partial charge is 0.205 e. The monoisotopic (exact) mass is 368 g/mol. The van der Waals surface area contributed by atoms with E-state index in [9.17, 15) is 4.39 Å². The highest BCUT2D eigenvalue weighted by Crippen LogP contribution is 2.32. The van der Waals surface area contributed by atoms with Crippen molar-refractivity contribution in [3.8, 4) is 0 Å². The van der Waals surface area contributed by atoms with E-state index in [0.29, 0.717) is 5.56 Å². The second-order valence-corrected chi connectivity index (χ2v) is 7.20. The van der Waals surface area contributed by atoms with Crippen LogP contribution in [0.5, 0.6) is 0 Å². The molecule has 1 heterocycles. The topological polar surface area (TPSA) is 0 Å². The Morgan fingerprint density at radius 3 is 2.80 bits per heavy atom. The maximum absolute atomic E-state index is 14.1. The van der Waals surface area contributed by atoms with Crippen molar-refractivity contribution in [2.75, 3.05) is 0 Å². The van der Waals surface area contributed by atoms with Crippen LogP contribution < -0.4 is 0 Å². The highest BCUT2D eigenvalue weighted by Gasteiger charge is 2.10. The van der Waals surface area contributed by atoms with Gasteiger partial charge in [-0.05, 0) is 47.7 Å². The Kier molecular flexibility index (Phi) is 3.85. The molecule has 0 bridgehead atoms. The number of hydrogen-bond donors (Lipinski definition) is 0. The Morgan fingerprint density at radius 2 is 2.00 bits per heavy atom. The maximum atomic E-state index is 14.1. The third-order valence-electron chi connectivity index (χ3n) is 3.24. The minimum atomic E-state index is -0.112. The molecule has 0 aliphatic heterocycles. The van der Waals surface area contributed by atoms with E-state index in [4.69, 9.17) is 11.6 Å². The summed E-state index contributed by atoms with van der Waals surface area (Å²) in [5.74, 6) is -0.112. The normalized spacial score (nSPS) is 11.2. The molecule has 102 valence electrons. The first-order valence-electron chi connectivity index (χ1n) is 6.16. The van der Waals surface area contributed by atoms with Crippen molar-refractivity contribution >= 4 is 49.0 Å². The molecule has 1 aromatic heterocycles. The van der Waals surface area contributed by atoms with Crippen LogP contribution in [0, 0.1) is 12.7 Å². The molecule has 0 atom stereocenters. The van der Waals surface area contributed by atoms with Crippen molar-refractivity contribution in [1.29, 1.82) is 0 Å². The van der Waals surface area contributed by atoms with Crippen molar-refractivity contribution < 1.29 is 4.39 Å². The number of rotatable bonds is 2. The van der Waals surface area contributed by atoms with Gasteiger partial charge < -0.3 is 0 Å². The summed E-state index contributed by atoms with van der Waals surface area (Å²) >= 11 is 11.2. The van der Waals surface area contributed by atoms with Crippen molar-refractivity contribution in [2.45, 2.75) is 13.3 Å². The summed E-state index contributed by atoms with van der Waals surface area (Å²) < 4.78 is 15.8. The number of benzene rings is 2. The molecule has 0 saturated heterocycles. The van der Waals surface area contributed by atoms with Gasteiger partial charge in [-0.25, -0.2) is 4.39 Å². The lowest BCUT2D eigenvalue weighted by Crippen LogP contribution is -1.86. The fraction of sp³-hybridized carbons (Fsp3) is 0.125. The molecular weight excluding hydrogens is 359 g/mol. The molecule has 3 aromatic rings. The average Bonchev–Trinajstić information content (AvgIpc) is 2.82. The minimum Gasteiger partial charge on any atom is -0.205 e. The van der Waals surface area contributed by atoms with Gasteiger partial charge in [-0.15, -0.1) is 11.3 Å². The standard InChI is InChI=1S/C16H11BrClFS/c1-9-2-3-10-7-13(20-16(10)15(9)19)8-11-6-12(17)4-5-14(11)18/h2-7H,8H2,1H3. The van der Waals surface area contributed by atoms with Gasteiger partial charge in [-0.3, -0.25) is 0 Å². The van der Waals surface area contributed by atoms with Gasteiger partial charge in [0.15, 0.2) is 0 Å². The summed E-state index contributed by atoms with van der Waals surface area (Å²) in [6.07, 6.45) is 0.718. The zero-order valence-corrected chi connectivity index (χ0v) is 13.9. The lowest BCUT2D eigenvalue weighted by atomic mass is 10.1. The van der Waals surface area contributed by atoms with E-state index < -0.39 is 0 Å². The SMILES string of the molecule is Cc1ccc2cc(Cc3cc(Br)ccc3Cl)sc2c1F. The third kappa shape index (κ3) is 2.62. The van der Waals surface area contributed by atoms with Crippen molar-refractivity contribution in [1.82, 2.24) is 0 Å². The van der Waals surface area contributed by atoms with Gasteiger partial charge in [0.25, 0.3) is 0 Å². The lowest BCUT2D eigenvalue weighted by molar-refractivity contribution is 0.632. The van der Waals surface area contributed by atoms with Gasteiger partial charge in [0, 0.05) is 20.8 Å². The number of thiophene rings is 1. The molecule has 4 heteroatoms. The molecule has 0 unspecified atom stereocenters. The Morgan fingerprint density at radius 1 is 1.20 bits per heavy atom. The summed E-state index contributed by atoms with van der Waals surface area (Å²) in [7, 11) is 0. The van der Waals surface area contributed by atoms with E-state index in [1.807, 2.05) is 36.4 Å². The second-order valence-electron chi connectivity index (χ2n) is 4.74. The van der Waals surface area contributed by atoms with Gasteiger partial charge >= 0.3 is 0 Å². The molecule has 0 aliphatic rings. The molecular formula is C16H11BrClFS. The van der Waals surface area contributed by atoms with Gasteiger partial charge in [0.05, 0.1) is 4.70 Å². The van der Waals surface area contributed by atoms with Crippen LogP contribution in [-0.2, 0) is 6.42 Å². The quantitative estimate of drug-likeness (QED) is 0.493. The summed E-state index contributed by atoms with van der Waals surface area (Å²) in [5, 5.41) is 1.70. The predicted octanol–water partition coefficient (Wildman–Crippen LogP) is 6.36. The van der Waals surface area contributed by atoms with Crippen LogP contribution in [0.2, 0.25) is 5.02 Å². The number of hydrogen-bond acceptors (Lipinski definition) is 1. The van der Waals surface area contributed by atoms with Crippen molar-refractivity contribution in [2.24, 2.45) is 0 Å². The van der Waals surface area contributed by atoms with E-state index in [2.05, 4.69) is 15.9 Å². The smallest absolute Gasteiger partial charge is 0.143 e. The molecule has 0 N–H and O–H groups in total.